The van der Waals surface area contributed by atoms with Gasteiger partial charge in [0, 0.05) is 0 Å². The molecule has 0 aromatic heterocycles. The Kier molecular flexibility index (Phi) is 2.79. The Morgan fingerprint density at radius 3 is 2.54 bits per heavy atom. The summed E-state index contributed by atoms with van der Waals surface area (Å²) in [7, 11) is -1.55. The van der Waals surface area contributed by atoms with Crippen LogP contribution in [0.25, 0.3) is 0 Å². The first-order chi connectivity index (χ1) is 6.02. The number of aryl methyl sites for hydroxylation is 1. The van der Waals surface area contributed by atoms with E-state index >= 15 is 0 Å². The Labute approximate surface area is 78.0 Å². The van der Waals surface area contributed by atoms with Gasteiger partial charge in [-0.15, -0.1) is 0 Å². The summed E-state index contributed by atoms with van der Waals surface area (Å²) in [5.41, 5.74) is 0.799. The van der Waals surface area contributed by atoms with Gasteiger partial charge in [0.05, 0.1) is 10.5 Å². The average Bonchev–Trinajstić information content (AvgIpc) is 2.03. The molecule has 0 saturated heterocycles. The summed E-state index contributed by atoms with van der Waals surface area (Å²) in [4.78, 5) is 11.0. The van der Waals surface area contributed by atoms with Crippen LogP contribution < -0.4 is 5.14 Å². The molecule has 0 aliphatic carbocycles. The second-order valence-corrected chi connectivity index (χ2v) is 3.62. The van der Waals surface area contributed by atoms with E-state index in [-0.39, 0.29) is 5.56 Å². The summed E-state index contributed by atoms with van der Waals surface area (Å²) in [6.45, 7) is 1.67. The van der Waals surface area contributed by atoms with Crippen LogP contribution in [0.3, 0.4) is 0 Å². The van der Waals surface area contributed by atoms with Gasteiger partial charge in [0.2, 0.25) is 0 Å². The number of carboxylic acids is 1. The van der Waals surface area contributed by atoms with Gasteiger partial charge < -0.3 is 5.11 Å². The van der Waals surface area contributed by atoms with Crippen LogP contribution in [-0.2, 0) is 11.0 Å². The lowest BCUT2D eigenvalue weighted by molar-refractivity contribution is 0.0696. The van der Waals surface area contributed by atoms with Crippen molar-refractivity contribution in [1.29, 1.82) is 0 Å². The molecule has 5 heteroatoms. The van der Waals surface area contributed by atoms with E-state index in [1.165, 1.54) is 18.2 Å². The Hall–Kier alpha value is -1.20. The number of hydrogen-bond donors (Lipinski definition) is 2. The number of nitrogens with two attached hydrogens (primary N) is 1. The molecule has 0 saturated carbocycles. The van der Waals surface area contributed by atoms with Crippen LogP contribution in [0.5, 0.6) is 0 Å². The molecule has 3 N–H and O–H groups in total. The van der Waals surface area contributed by atoms with Crippen LogP contribution in [0.2, 0.25) is 0 Å². The molecule has 1 rings (SSSR count). The number of rotatable bonds is 2. The van der Waals surface area contributed by atoms with Gasteiger partial charge in [-0.25, -0.2) is 14.1 Å². The van der Waals surface area contributed by atoms with E-state index in [0.717, 1.165) is 0 Å². The van der Waals surface area contributed by atoms with Gasteiger partial charge in [-0.05, 0) is 30.7 Å². The Morgan fingerprint density at radius 2 is 2.15 bits per heavy atom. The fourth-order valence-corrected chi connectivity index (χ4v) is 1.59. The third-order valence-corrected chi connectivity index (χ3v) is 2.53. The van der Waals surface area contributed by atoms with Crippen molar-refractivity contribution in [2.75, 3.05) is 0 Å². The third-order valence-electron chi connectivity index (χ3n) is 1.64. The van der Waals surface area contributed by atoms with Gasteiger partial charge in [-0.2, -0.15) is 0 Å². The average molecular weight is 199 g/mol. The lowest BCUT2D eigenvalue weighted by Crippen LogP contribution is -2.06. The lowest BCUT2D eigenvalue weighted by atomic mass is 10.1. The zero-order chi connectivity index (χ0) is 10.0. The van der Waals surface area contributed by atoms with Crippen LogP contribution in [0, 0.1) is 6.92 Å². The standard InChI is InChI=1S/C8H9NO3S/c1-5-4-6(8(10)11)2-3-7(5)13(9)12/h2-4H,9H2,1H3,(H,10,11). The summed E-state index contributed by atoms with van der Waals surface area (Å²) in [6.07, 6.45) is 0. The van der Waals surface area contributed by atoms with Gasteiger partial charge in [-0.3, -0.25) is 0 Å². The van der Waals surface area contributed by atoms with Crippen LogP contribution >= 0.6 is 0 Å². The predicted octanol–water partition coefficient (Wildman–Crippen LogP) is 0.675. The molecule has 0 radical (unpaired) electrons. The van der Waals surface area contributed by atoms with E-state index in [1.807, 2.05) is 0 Å². The summed E-state index contributed by atoms with van der Waals surface area (Å²) in [5.74, 6) is -1.00. The minimum atomic E-state index is -1.55. The Balaban J connectivity index is 3.20. The Morgan fingerprint density at radius 1 is 1.54 bits per heavy atom. The fraction of sp³-hybridized carbons (Fsp3) is 0.125. The molecule has 0 aliphatic rings. The maximum Gasteiger partial charge on any atom is 0.335 e. The van der Waals surface area contributed by atoms with Crippen LogP contribution in [0.15, 0.2) is 23.1 Å². The van der Waals surface area contributed by atoms with Crippen molar-refractivity contribution in [1.82, 2.24) is 0 Å². The quantitative estimate of drug-likeness (QED) is 0.734. The predicted molar refractivity (Wildman–Crippen MR) is 48.7 cm³/mol. The highest BCUT2D eigenvalue weighted by molar-refractivity contribution is 7.82. The van der Waals surface area contributed by atoms with Gasteiger partial charge in [0.1, 0.15) is 11.0 Å². The molecule has 13 heavy (non-hydrogen) atoms. The van der Waals surface area contributed by atoms with Crippen molar-refractivity contribution in [3.63, 3.8) is 0 Å². The minimum absolute atomic E-state index is 0.173. The highest BCUT2D eigenvalue weighted by atomic mass is 32.2. The molecule has 1 atom stereocenters. The van der Waals surface area contributed by atoms with E-state index < -0.39 is 17.0 Å². The number of aromatic carboxylic acids is 1. The molecule has 1 unspecified atom stereocenters. The summed E-state index contributed by atoms with van der Waals surface area (Å²) >= 11 is 0. The third kappa shape index (κ3) is 2.13. The zero-order valence-electron chi connectivity index (χ0n) is 6.98. The molecule has 0 amide bonds. The van der Waals surface area contributed by atoms with Crippen molar-refractivity contribution >= 4 is 17.0 Å². The molecule has 1 aromatic carbocycles. The normalized spacial score (nSPS) is 12.5. The first kappa shape index (κ1) is 9.88. The molecular weight excluding hydrogens is 190 g/mol. The monoisotopic (exact) mass is 199 g/mol. The second-order valence-electron chi connectivity index (χ2n) is 2.58. The lowest BCUT2D eigenvalue weighted by Gasteiger charge is -2.02. The number of carboxylic acid groups (broad SMARTS) is 1. The number of benzene rings is 1. The summed E-state index contributed by atoms with van der Waals surface area (Å²) < 4.78 is 10.9. The molecule has 0 heterocycles. The molecular formula is C8H9NO3S. The van der Waals surface area contributed by atoms with Gasteiger partial charge in [-0.1, -0.05) is 0 Å². The molecule has 0 aliphatic heterocycles. The first-order valence-electron chi connectivity index (χ1n) is 3.52. The largest absolute Gasteiger partial charge is 0.478 e. The van der Waals surface area contributed by atoms with E-state index in [4.69, 9.17) is 10.2 Å². The van der Waals surface area contributed by atoms with Crippen molar-refractivity contribution in [3.8, 4) is 0 Å². The van der Waals surface area contributed by atoms with E-state index in [9.17, 15) is 9.00 Å². The number of carbonyl (C=O) groups is 1. The number of hydrogen-bond acceptors (Lipinski definition) is 2. The Bertz CT molecular complexity index is 376. The van der Waals surface area contributed by atoms with Crippen molar-refractivity contribution < 1.29 is 14.1 Å². The van der Waals surface area contributed by atoms with Crippen LogP contribution in [-0.4, -0.2) is 15.3 Å². The fourth-order valence-electron chi connectivity index (χ4n) is 1.01. The maximum absolute atomic E-state index is 10.9. The van der Waals surface area contributed by atoms with Gasteiger partial charge >= 0.3 is 5.97 Å². The van der Waals surface area contributed by atoms with Crippen molar-refractivity contribution in [3.05, 3.63) is 29.3 Å². The molecule has 1 aromatic rings. The van der Waals surface area contributed by atoms with Crippen molar-refractivity contribution in [2.24, 2.45) is 5.14 Å². The first-order valence-corrected chi connectivity index (χ1v) is 4.74. The highest BCUT2D eigenvalue weighted by Gasteiger charge is 2.07. The van der Waals surface area contributed by atoms with Gasteiger partial charge in [0.25, 0.3) is 0 Å². The molecule has 0 fully saturated rings. The van der Waals surface area contributed by atoms with E-state index in [0.29, 0.717) is 10.5 Å². The molecule has 4 nitrogen and oxygen atoms in total. The summed E-state index contributed by atoms with van der Waals surface area (Å²) in [5, 5.41) is 13.8. The highest BCUT2D eigenvalue weighted by Crippen LogP contribution is 2.12. The topological polar surface area (TPSA) is 80.4 Å². The molecule has 0 spiro atoms. The van der Waals surface area contributed by atoms with Crippen LogP contribution in [0.1, 0.15) is 15.9 Å². The van der Waals surface area contributed by atoms with E-state index in [2.05, 4.69) is 0 Å². The minimum Gasteiger partial charge on any atom is -0.478 e. The molecule has 70 valence electrons. The molecule has 0 bridgehead atoms. The van der Waals surface area contributed by atoms with E-state index in [1.54, 1.807) is 6.92 Å². The van der Waals surface area contributed by atoms with Crippen molar-refractivity contribution in [2.45, 2.75) is 11.8 Å². The second kappa shape index (κ2) is 3.68. The van der Waals surface area contributed by atoms with Crippen LogP contribution in [0.4, 0.5) is 0 Å². The van der Waals surface area contributed by atoms with Gasteiger partial charge in [0.15, 0.2) is 0 Å². The smallest absolute Gasteiger partial charge is 0.335 e. The maximum atomic E-state index is 10.9. The SMILES string of the molecule is Cc1cc(C(=O)O)ccc1S(N)=O. The zero-order valence-corrected chi connectivity index (χ0v) is 7.80. The summed E-state index contributed by atoms with van der Waals surface area (Å²) in [6, 6.07) is 4.30.